The van der Waals surface area contributed by atoms with E-state index in [1.807, 2.05) is 30.3 Å². The second-order valence-electron chi connectivity index (χ2n) is 5.13. The Morgan fingerprint density at radius 1 is 1.30 bits per heavy atom. The molecule has 0 spiro atoms. The number of carbonyl (C=O) groups excluding carboxylic acids is 1. The minimum Gasteiger partial charge on any atom is -0.337 e. The molecule has 0 aromatic heterocycles. The highest BCUT2D eigenvalue weighted by Gasteiger charge is 2.35. The first kappa shape index (κ1) is 15.0. The van der Waals surface area contributed by atoms with Crippen LogP contribution in [-0.2, 0) is 21.2 Å². The number of amides is 1. The average Bonchev–Trinajstić information content (AvgIpc) is 2.79. The first-order valence-electron chi connectivity index (χ1n) is 6.75. The molecule has 0 bridgehead atoms. The Balaban J connectivity index is 2.06. The molecule has 1 amide bonds. The SMILES string of the molecule is NCCN(Cc1ccccc1)C(=O)C1CCS(=O)(=O)C1. The van der Waals surface area contributed by atoms with Gasteiger partial charge in [0.15, 0.2) is 9.84 Å². The van der Waals surface area contributed by atoms with E-state index in [0.29, 0.717) is 26.1 Å². The molecular formula is C14H20N2O3S. The summed E-state index contributed by atoms with van der Waals surface area (Å²) in [4.78, 5) is 14.1. The molecule has 1 aliphatic rings. The lowest BCUT2D eigenvalue weighted by Gasteiger charge is -2.24. The molecular weight excluding hydrogens is 276 g/mol. The average molecular weight is 296 g/mol. The third kappa shape index (κ3) is 3.80. The maximum Gasteiger partial charge on any atom is 0.227 e. The lowest BCUT2D eigenvalue weighted by atomic mass is 10.1. The number of hydrogen-bond donors (Lipinski definition) is 1. The third-order valence-electron chi connectivity index (χ3n) is 3.51. The molecule has 2 rings (SSSR count). The van der Waals surface area contributed by atoms with Gasteiger partial charge in [-0.25, -0.2) is 8.42 Å². The van der Waals surface area contributed by atoms with Crippen LogP contribution in [0.5, 0.6) is 0 Å². The van der Waals surface area contributed by atoms with Crippen LogP contribution in [0.15, 0.2) is 30.3 Å². The monoisotopic (exact) mass is 296 g/mol. The molecule has 0 aliphatic carbocycles. The van der Waals surface area contributed by atoms with Gasteiger partial charge in [0.2, 0.25) is 5.91 Å². The zero-order chi connectivity index (χ0) is 14.6. The van der Waals surface area contributed by atoms with Crippen molar-refractivity contribution in [3.05, 3.63) is 35.9 Å². The number of nitrogens with two attached hydrogens (primary N) is 1. The van der Waals surface area contributed by atoms with Crippen molar-refractivity contribution in [2.24, 2.45) is 11.7 Å². The zero-order valence-corrected chi connectivity index (χ0v) is 12.2. The molecule has 1 unspecified atom stereocenters. The van der Waals surface area contributed by atoms with Gasteiger partial charge in [-0.2, -0.15) is 0 Å². The van der Waals surface area contributed by atoms with E-state index in [-0.39, 0.29) is 17.4 Å². The fourth-order valence-corrected chi connectivity index (χ4v) is 4.21. The van der Waals surface area contributed by atoms with E-state index >= 15 is 0 Å². The summed E-state index contributed by atoms with van der Waals surface area (Å²) in [5, 5.41) is 0. The predicted octanol–water partition coefficient (Wildman–Crippen LogP) is 0.409. The number of hydrogen-bond acceptors (Lipinski definition) is 4. The van der Waals surface area contributed by atoms with Gasteiger partial charge in [0, 0.05) is 19.6 Å². The van der Waals surface area contributed by atoms with Gasteiger partial charge in [0.1, 0.15) is 0 Å². The molecule has 0 saturated carbocycles. The molecule has 1 aromatic carbocycles. The summed E-state index contributed by atoms with van der Waals surface area (Å²) in [6, 6.07) is 9.65. The van der Waals surface area contributed by atoms with E-state index < -0.39 is 15.8 Å². The van der Waals surface area contributed by atoms with Crippen LogP contribution in [0.1, 0.15) is 12.0 Å². The van der Waals surface area contributed by atoms with Crippen LogP contribution in [0.25, 0.3) is 0 Å². The van der Waals surface area contributed by atoms with Crippen molar-refractivity contribution in [3.63, 3.8) is 0 Å². The molecule has 0 radical (unpaired) electrons. The van der Waals surface area contributed by atoms with Crippen molar-refractivity contribution >= 4 is 15.7 Å². The molecule has 1 fully saturated rings. The van der Waals surface area contributed by atoms with Gasteiger partial charge in [-0.05, 0) is 12.0 Å². The number of sulfone groups is 1. The Bertz CT molecular complexity index is 557. The maximum absolute atomic E-state index is 12.4. The normalized spacial score (nSPS) is 20.8. The maximum atomic E-state index is 12.4. The fourth-order valence-electron chi connectivity index (χ4n) is 2.47. The fraction of sp³-hybridized carbons (Fsp3) is 0.500. The number of rotatable bonds is 5. The number of carbonyl (C=O) groups is 1. The summed E-state index contributed by atoms with van der Waals surface area (Å²) < 4.78 is 23.0. The van der Waals surface area contributed by atoms with Gasteiger partial charge >= 0.3 is 0 Å². The van der Waals surface area contributed by atoms with Crippen molar-refractivity contribution in [1.29, 1.82) is 0 Å². The van der Waals surface area contributed by atoms with Crippen LogP contribution in [0, 0.1) is 5.92 Å². The number of benzene rings is 1. The highest BCUT2D eigenvalue weighted by atomic mass is 32.2. The molecule has 1 aliphatic heterocycles. The van der Waals surface area contributed by atoms with Crippen LogP contribution in [0.2, 0.25) is 0 Å². The predicted molar refractivity (Wildman–Crippen MR) is 77.7 cm³/mol. The highest BCUT2D eigenvalue weighted by Crippen LogP contribution is 2.21. The Labute approximate surface area is 119 Å². The zero-order valence-electron chi connectivity index (χ0n) is 11.4. The van der Waals surface area contributed by atoms with Crippen molar-refractivity contribution in [2.45, 2.75) is 13.0 Å². The van der Waals surface area contributed by atoms with Gasteiger partial charge in [-0.15, -0.1) is 0 Å². The molecule has 1 aromatic rings. The molecule has 110 valence electrons. The largest absolute Gasteiger partial charge is 0.337 e. The van der Waals surface area contributed by atoms with Crippen molar-refractivity contribution in [1.82, 2.24) is 4.90 Å². The van der Waals surface area contributed by atoms with Crippen molar-refractivity contribution in [3.8, 4) is 0 Å². The van der Waals surface area contributed by atoms with Gasteiger partial charge in [0.25, 0.3) is 0 Å². The van der Waals surface area contributed by atoms with Crippen LogP contribution < -0.4 is 5.73 Å². The molecule has 1 saturated heterocycles. The smallest absolute Gasteiger partial charge is 0.227 e. The second-order valence-corrected chi connectivity index (χ2v) is 7.36. The standard InChI is InChI=1S/C14H20N2O3S/c15-7-8-16(10-12-4-2-1-3-5-12)14(17)13-6-9-20(18,19)11-13/h1-5,13H,6-11,15H2. The van der Waals surface area contributed by atoms with E-state index in [1.54, 1.807) is 4.90 Å². The summed E-state index contributed by atoms with van der Waals surface area (Å²) >= 11 is 0. The van der Waals surface area contributed by atoms with E-state index in [9.17, 15) is 13.2 Å². The van der Waals surface area contributed by atoms with E-state index in [0.717, 1.165) is 5.56 Å². The topological polar surface area (TPSA) is 80.5 Å². The summed E-state index contributed by atoms with van der Waals surface area (Å²) in [6.45, 7) is 1.30. The van der Waals surface area contributed by atoms with Gasteiger partial charge in [-0.3, -0.25) is 4.79 Å². The Hall–Kier alpha value is -1.40. The van der Waals surface area contributed by atoms with Crippen molar-refractivity contribution < 1.29 is 13.2 Å². The van der Waals surface area contributed by atoms with Crippen LogP contribution in [0.4, 0.5) is 0 Å². The van der Waals surface area contributed by atoms with Gasteiger partial charge < -0.3 is 10.6 Å². The quantitative estimate of drug-likeness (QED) is 0.853. The Morgan fingerprint density at radius 3 is 2.55 bits per heavy atom. The lowest BCUT2D eigenvalue weighted by molar-refractivity contribution is -0.135. The number of nitrogens with zero attached hydrogens (tertiary/aromatic N) is 1. The summed E-state index contributed by atoms with van der Waals surface area (Å²) in [5.74, 6) is -0.414. The molecule has 6 heteroatoms. The molecule has 20 heavy (non-hydrogen) atoms. The lowest BCUT2D eigenvalue weighted by Crippen LogP contribution is -2.39. The van der Waals surface area contributed by atoms with Crippen molar-refractivity contribution in [2.75, 3.05) is 24.6 Å². The summed E-state index contributed by atoms with van der Waals surface area (Å²) in [6.07, 6.45) is 0.428. The van der Waals surface area contributed by atoms with Crippen LogP contribution in [-0.4, -0.2) is 43.8 Å². The van der Waals surface area contributed by atoms with Crippen LogP contribution >= 0.6 is 0 Å². The molecule has 1 heterocycles. The first-order chi connectivity index (χ1) is 9.52. The van der Waals surface area contributed by atoms with Gasteiger partial charge in [-0.1, -0.05) is 30.3 Å². The highest BCUT2D eigenvalue weighted by molar-refractivity contribution is 7.91. The van der Waals surface area contributed by atoms with Crippen LogP contribution in [0.3, 0.4) is 0 Å². The van der Waals surface area contributed by atoms with E-state index in [1.165, 1.54) is 0 Å². The third-order valence-corrected chi connectivity index (χ3v) is 5.28. The summed E-state index contributed by atoms with van der Waals surface area (Å²) in [5.41, 5.74) is 6.58. The Morgan fingerprint density at radius 2 is 2.00 bits per heavy atom. The minimum atomic E-state index is -3.04. The molecule has 1 atom stereocenters. The molecule has 2 N–H and O–H groups in total. The van der Waals surface area contributed by atoms with E-state index in [2.05, 4.69) is 0 Å². The van der Waals surface area contributed by atoms with Gasteiger partial charge in [0.05, 0.1) is 17.4 Å². The molecule has 5 nitrogen and oxygen atoms in total. The summed E-state index contributed by atoms with van der Waals surface area (Å²) in [7, 11) is -3.04. The first-order valence-corrected chi connectivity index (χ1v) is 8.57. The second kappa shape index (κ2) is 6.37. The Kier molecular flexibility index (Phi) is 4.77. The minimum absolute atomic E-state index is 0.0261. The van der Waals surface area contributed by atoms with E-state index in [4.69, 9.17) is 5.73 Å².